The van der Waals surface area contributed by atoms with Crippen molar-refractivity contribution in [1.82, 2.24) is 14.8 Å². The largest absolute Gasteiger partial charge is 0.494 e. The number of anilines is 1. The van der Waals surface area contributed by atoms with Gasteiger partial charge in [-0.3, -0.25) is 0 Å². The first-order valence-electron chi connectivity index (χ1n) is 11.1. The summed E-state index contributed by atoms with van der Waals surface area (Å²) in [5.41, 5.74) is 2.10. The number of esters is 1. The third kappa shape index (κ3) is 5.42. The molecule has 2 aromatic rings. The Hall–Kier alpha value is -2.48. The van der Waals surface area contributed by atoms with Crippen LogP contribution in [0.1, 0.15) is 65.0 Å². The molecule has 168 valence electrons. The third-order valence-electron chi connectivity index (χ3n) is 5.07. The molecule has 0 amide bonds. The summed E-state index contributed by atoms with van der Waals surface area (Å²) >= 11 is 1.65. The molecule has 0 aliphatic carbocycles. The number of fused-ring (bicyclic) bond motifs is 1. The first-order valence-corrected chi connectivity index (χ1v) is 12.0. The minimum Gasteiger partial charge on any atom is -0.494 e. The summed E-state index contributed by atoms with van der Waals surface area (Å²) in [6.45, 7) is 8.67. The van der Waals surface area contributed by atoms with E-state index in [9.17, 15) is 4.79 Å². The quantitative estimate of drug-likeness (QED) is 0.290. The van der Waals surface area contributed by atoms with Crippen LogP contribution in [-0.4, -0.2) is 39.7 Å². The number of para-hydroxylation sites is 1. The van der Waals surface area contributed by atoms with E-state index in [0.717, 1.165) is 23.5 Å². The van der Waals surface area contributed by atoms with Crippen LogP contribution < -0.4 is 10.1 Å². The van der Waals surface area contributed by atoms with Crippen LogP contribution >= 0.6 is 11.8 Å². The normalized spacial score (nSPS) is 15.4. The second-order valence-electron chi connectivity index (χ2n) is 7.33. The summed E-state index contributed by atoms with van der Waals surface area (Å²) in [6.07, 6.45) is 4.82. The van der Waals surface area contributed by atoms with E-state index >= 15 is 0 Å². The number of unbranched alkanes of at least 4 members (excludes halogenated alkanes) is 3. The summed E-state index contributed by atoms with van der Waals surface area (Å²) in [5, 5.41) is 8.71. The molecular weight excluding hydrogens is 412 g/mol. The molecule has 3 rings (SSSR count). The molecular formula is C23H32N4O3S. The third-order valence-corrected chi connectivity index (χ3v) is 5.99. The molecule has 1 aliphatic heterocycles. The van der Waals surface area contributed by atoms with Crippen LogP contribution in [0, 0.1) is 0 Å². The van der Waals surface area contributed by atoms with E-state index < -0.39 is 6.04 Å². The van der Waals surface area contributed by atoms with Crippen molar-refractivity contribution in [2.24, 2.45) is 0 Å². The Morgan fingerprint density at radius 2 is 1.97 bits per heavy atom. The molecule has 0 saturated carbocycles. The number of carbonyl (C=O) groups is 1. The number of nitrogens with zero attached hydrogens (tertiary/aromatic N) is 3. The standard InChI is InChI=1S/C23H32N4O3S/c1-5-8-9-12-15-31-23-25-22-24-16(4)19(21(28)30-7-3)20(27(22)26-23)17-13-10-11-14-18(17)29-6-2/h10-11,13-14,20H,5-9,12,15H2,1-4H3,(H,24,25,26). The van der Waals surface area contributed by atoms with Crippen molar-refractivity contribution in [3.63, 3.8) is 0 Å². The van der Waals surface area contributed by atoms with Gasteiger partial charge in [-0.25, -0.2) is 9.48 Å². The second-order valence-corrected chi connectivity index (χ2v) is 8.39. The number of hydrogen-bond acceptors (Lipinski definition) is 7. The number of nitrogens with one attached hydrogen (secondary N) is 1. The Labute approximate surface area is 188 Å². The van der Waals surface area contributed by atoms with Gasteiger partial charge in [-0.15, -0.1) is 5.10 Å². The molecule has 1 aliphatic rings. The van der Waals surface area contributed by atoms with Crippen LogP contribution in [-0.2, 0) is 9.53 Å². The van der Waals surface area contributed by atoms with Gasteiger partial charge in [-0.2, -0.15) is 4.98 Å². The number of carbonyl (C=O) groups excluding carboxylic acids is 1. The topological polar surface area (TPSA) is 78.3 Å². The van der Waals surface area contributed by atoms with Crippen LogP contribution in [0.25, 0.3) is 0 Å². The van der Waals surface area contributed by atoms with Gasteiger partial charge in [0.25, 0.3) is 0 Å². The Morgan fingerprint density at radius 1 is 1.16 bits per heavy atom. The predicted molar refractivity (Wildman–Crippen MR) is 124 cm³/mol. The number of hydrogen-bond donors (Lipinski definition) is 1. The van der Waals surface area contributed by atoms with Crippen LogP contribution in [0.2, 0.25) is 0 Å². The molecule has 0 saturated heterocycles. The van der Waals surface area contributed by atoms with E-state index in [1.54, 1.807) is 23.4 Å². The summed E-state index contributed by atoms with van der Waals surface area (Å²) in [6, 6.07) is 7.28. The van der Waals surface area contributed by atoms with E-state index in [2.05, 4.69) is 17.2 Å². The maximum absolute atomic E-state index is 12.9. The number of allylic oxidation sites excluding steroid dienone is 1. The highest BCUT2D eigenvalue weighted by atomic mass is 32.2. The van der Waals surface area contributed by atoms with Crippen LogP contribution in [0.5, 0.6) is 5.75 Å². The fourth-order valence-corrected chi connectivity index (χ4v) is 4.47. The van der Waals surface area contributed by atoms with Gasteiger partial charge >= 0.3 is 5.97 Å². The SMILES string of the molecule is CCCCCCSc1nc2n(n1)C(c1ccccc1OCC)C(C(=O)OCC)=C(C)N2. The zero-order valence-corrected chi connectivity index (χ0v) is 19.6. The van der Waals surface area contributed by atoms with E-state index in [0.29, 0.717) is 35.6 Å². The molecule has 0 bridgehead atoms. The van der Waals surface area contributed by atoms with Gasteiger partial charge in [0.1, 0.15) is 11.8 Å². The lowest BCUT2D eigenvalue weighted by atomic mass is 9.95. The first-order chi connectivity index (χ1) is 15.1. The highest BCUT2D eigenvalue weighted by Gasteiger charge is 2.36. The lowest BCUT2D eigenvalue weighted by Crippen LogP contribution is -2.30. The van der Waals surface area contributed by atoms with Crippen LogP contribution in [0.15, 0.2) is 40.7 Å². The molecule has 0 fully saturated rings. The van der Waals surface area contributed by atoms with Crippen molar-refractivity contribution in [3.05, 3.63) is 41.1 Å². The van der Waals surface area contributed by atoms with Crippen molar-refractivity contribution in [1.29, 1.82) is 0 Å². The van der Waals surface area contributed by atoms with E-state index in [1.165, 1.54) is 19.3 Å². The number of aromatic nitrogens is 3. The van der Waals surface area contributed by atoms with Gasteiger partial charge in [0, 0.05) is 17.0 Å². The fraction of sp³-hybridized carbons (Fsp3) is 0.522. The van der Waals surface area contributed by atoms with Crippen molar-refractivity contribution < 1.29 is 14.3 Å². The maximum Gasteiger partial charge on any atom is 0.338 e. The van der Waals surface area contributed by atoms with Gasteiger partial charge in [-0.05, 0) is 33.3 Å². The minimum absolute atomic E-state index is 0.304. The monoisotopic (exact) mass is 444 g/mol. The highest BCUT2D eigenvalue weighted by Crippen LogP contribution is 2.40. The number of thioether (sulfide) groups is 1. The van der Waals surface area contributed by atoms with Crippen molar-refractivity contribution in [2.75, 3.05) is 24.3 Å². The summed E-state index contributed by atoms with van der Waals surface area (Å²) in [4.78, 5) is 17.6. The lowest BCUT2D eigenvalue weighted by molar-refractivity contribution is -0.139. The molecule has 0 spiro atoms. The maximum atomic E-state index is 12.9. The highest BCUT2D eigenvalue weighted by molar-refractivity contribution is 7.99. The number of ether oxygens (including phenoxy) is 2. The van der Waals surface area contributed by atoms with Crippen LogP contribution in [0.3, 0.4) is 0 Å². The number of benzene rings is 1. The smallest absolute Gasteiger partial charge is 0.338 e. The summed E-state index contributed by atoms with van der Waals surface area (Å²) in [5.74, 6) is 1.96. The molecule has 1 aromatic carbocycles. The minimum atomic E-state index is -0.472. The zero-order chi connectivity index (χ0) is 22.2. The summed E-state index contributed by atoms with van der Waals surface area (Å²) in [7, 11) is 0. The van der Waals surface area contributed by atoms with E-state index in [1.807, 2.05) is 38.1 Å². The molecule has 7 nitrogen and oxygen atoms in total. The predicted octanol–water partition coefficient (Wildman–Crippen LogP) is 5.20. The second kappa shape index (κ2) is 11.2. The molecule has 1 aromatic heterocycles. The Kier molecular flexibility index (Phi) is 8.40. The Bertz CT molecular complexity index is 925. The van der Waals surface area contributed by atoms with Gasteiger partial charge in [-0.1, -0.05) is 56.1 Å². The summed E-state index contributed by atoms with van der Waals surface area (Å²) < 4.78 is 13.0. The molecule has 1 N–H and O–H groups in total. The van der Waals surface area contributed by atoms with Crippen LogP contribution in [0.4, 0.5) is 5.95 Å². The Morgan fingerprint density at radius 3 is 2.71 bits per heavy atom. The molecule has 31 heavy (non-hydrogen) atoms. The van der Waals surface area contributed by atoms with Gasteiger partial charge in [0.15, 0.2) is 0 Å². The van der Waals surface area contributed by atoms with Crippen molar-refractivity contribution >= 4 is 23.7 Å². The average molecular weight is 445 g/mol. The van der Waals surface area contributed by atoms with Gasteiger partial charge < -0.3 is 14.8 Å². The van der Waals surface area contributed by atoms with E-state index in [-0.39, 0.29) is 5.97 Å². The zero-order valence-electron chi connectivity index (χ0n) is 18.8. The van der Waals surface area contributed by atoms with Crippen molar-refractivity contribution in [3.8, 4) is 5.75 Å². The molecule has 2 heterocycles. The Balaban J connectivity index is 1.98. The average Bonchev–Trinajstić information content (AvgIpc) is 3.15. The van der Waals surface area contributed by atoms with Crippen molar-refractivity contribution in [2.45, 2.75) is 64.6 Å². The number of rotatable bonds is 11. The van der Waals surface area contributed by atoms with E-state index in [4.69, 9.17) is 14.6 Å². The van der Waals surface area contributed by atoms with Gasteiger partial charge in [0.2, 0.25) is 11.1 Å². The molecule has 8 heteroatoms. The first kappa shape index (κ1) is 23.2. The van der Waals surface area contributed by atoms with Gasteiger partial charge in [0.05, 0.1) is 18.8 Å². The fourth-order valence-electron chi connectivity index (χ4n) is 3.64. The molecule has 1 unspecified atom stereocenters. The lowest BCUT2D eigenvalue weighted by Gasteiger charge is -2.29. The molecule has 1 atom stereocenters. The molecule has 0 radical (unpaired) electrons.